The van der Waals surface area contributed by atoms with Crippen LogP contribution in [0.25, 0.3) is 0 Å². The lowest BCUT2D eigenvalue weighted by atomic mass is 9.96. The zero-order chi connectivity index (χ0) is 18.1. The van der Waals surface area contributed by atoms with Gasteiger partial charge in [0.2, 0.25) is 0 Å². The third-order valence-electron chi connectivity index (χ3n) is 4.76. The highest BCUT2D eigenvalue weighted by Crippen LogP contribution is 2.48. The Morgan fingerprint density at radius 3 is 2.40 bits per heavy atom. The summed E-state index contributed by atoms with van der Waals surface area (Å²) in [4.78, 5) is 0. The van der Waals surface area contributed by atoms with Crippen molar-refractivity contribution in [2.45, 2.75) is 30.0 Å². The molecule has 0 saturated carbocycles. The standard InChI is InChI=1S/C19H23ClO4S/c1-25-10-16(22)17(23)18(24)19(25)12-4-7-15(20)13(9-12)8-11-2-5-14(21)6-3-11/h2-7,9,16-19,21-25H,8,10H2,1H3/t16-,17-,18-,19+/m1/s1. The van der Waals surface area contributed by atoms with Crippen molar-refractivity contribution in [3.63, 3.8) is 0 Å². The third-order valence-corrected chi connectivity index (χ3v) is 7.63. The van der Waals surface area contributed by atoms with E-state index in [4.69, 9.17) is 11.6 Å². The number of rotatable bonds is 3. The Kier molecular flexibility index (Phi) is 5.61. The minimum atomic E-state index is -1.13. The molecule has 5 atom stereocenters. The molecule has 1 aliphatic heterocycles. The van der Waals surface area contributed by atoms with Gasteiger partial charge in [-0.1, -0.05) is 35.9 Å². The molecule has 1 fully saturated rings. The molecular weight excluding hydrogens is 360 g/mol. The smallest absolute Gasteiger partial charge is 0.115 e. The number of phenolic OH excluding ortho intramolecular Hbond substituents is 1. The molecule has 1 unspecified atom stereocenters. The molecular formula is C19H23ClO4S. The van der Waals surface area contributed by atoms with Gasteiger partial charge >= 0.3 is 0 Å². The Labute approximate surface area is 155 Å². The van der Waals surface area contributed by atoms with Crippen molar-refractivity contribution in [2.75, 3.05) is 12.0 Å². The fourth-order valence-electron chi connectivity index (χ4n) is 3.39. The average Bonchev–Trinajstić information content (AvgIpc) is 2.57. The number of benzene rings is 2. The van der Waals surface area contributed by atoms with Crippen LogP contribution in [-0.2, 0) is 6.42 Å². The molecule has 0 radical (unpaired) electrons. The number of aliphatic hydroxyl groups excluding tert-OH is 3. The molecule has 0 aromatic heterocycles. The van der Waals surface area contributed by atoms with E-state index in [1.54, 1.807) is 12.1 Å². The Hall–Kier alpha value is -1.24. The van der Waals surface area contributed by atoms with E-state index in [2.05, 4.69) is 0 Å². The van der Waals surface area contributed by atoms with Crippen molar-refractivity contribution >= 4 is 22.5 Å². The first kappa shape index (κ1) is 18.5. The lowest BCUT2D eigenvalue weighted by molar-refractivity contribution is -0.0561. The molecule has 1 saturated heterocycles. The van der Waals surface area contributed by atoms with Crippen LogP contribution in [0.1, 0.15) is 21.9 Å². The molecule has 0 spiro atoms. The van der Waals surface area contributed by atoms with Crippen LogP contribution in [0.2, 0.25) is 5.02 Å². The van der Waals surface area contributed by atoms with Gasteiger partial charge in [0, 0.05) is 16.0 Å². The first-order valence-electron chi connectivity index (χ1n) is 8.17. The van der Waals surface area contributed by atoms with Gasteiger partial charge in [0.1, 0.15) is 11.9 Å². The highest BCUT2D eigenvalue weighted by molar-refractivity contribution is 8.16. The number of aromatic hydroxyl groups is 1. The van der Waals surface area contributed by atoms with Crippen LogP contribution in [0.4, 0.5) is 0 Å². The Balaban J connectivity index is 1.89. The van der Waals surface area contributed by atoms with Gasteiger partial charge in [0.15, 0.2) is 0 Å². The van der Waals surface area contributed by atoms with Crippen molar-refractivity contribution in [1.29, 1.82) is 0 Å². The summed E-state index contributed by atoms with van der Waals surface area (Å²) in [6.45, 7) is 0. The van der Waals surface area contributed by atoms with E-state index < -0.39 is 29.2 Å². The summed E-state index contributed by atoms with van der Waals surface area (Å²) in [6, 6.07) is 12.7. The zero-order valence-corrected chi connectivity index (χ0v) is 15.5. The minimum Gasteiger partial charge on any atom is -0.508 e. The number of hydrogen-bond donors (Lipinski definition) is 5. The van der Waals surface area contributed by atoms with Gasteiger partial charge in [-0.3, -0.25) is 0 Å². The second-order valence-electron chi connectivity index (χ2n) is 6.63. The lowest BCUT2D eigenvalue weighted by Gasteiger charge is -2.42. The van der Waals surface area contributed by atoms with Crippen LogP contribution in [0.5, 0.6) is 5.75 Å². The largest absolute Gasteiger partial charge is 0.508 e. The van der Waals surface area contributed by atoms with E-state index in [0.29, 0.717) is 17.2 Å². The second kappa shape index (κ2) is 7.56. The van der Waals surface area contributed by atoms with Crippen molar-refractivity contribution in [1.82, 2.24) is 0 Å². The molecule has 2 aromatic carbocycles. The summed E-state index contributed by atoms with van der Waals surface area (Å²) < 4.78 is 0. The predicted molar refractivity (Wildman–Crippen MR) is 103 cm³/mol. The van der Waals surface area contributed by atoms with E-state index in [0.717, 1.165) is 16.7 Å². The van der Waals surface area contributed by atoms with Gasteiger partial charge in [0.05, 0.1) is 12.2 Å². The summed E-state index contributed by atoms with van der Waals surface area (Å²) in [5.41, 5.74) is 2.89. The Bertz CT molecular complexity index is 737. The van der Waals surface area contributed by atoms with Crippen LogP contribution in [-0.4, -0.2) is 50.7 Å². The highest BCUT2D eigenvalue weighted by Gasteiger charge is 2.40. The fraction of sp³-hybridized carbons (Fsp3) is 0.368. The van der Waals surface area contributed by atoms with E-state index in [9.17, 15) is 20.4 Å². The molecule has 136 valence electrons. The quantitative estimate of drug-likeness (QED) is 0.528. The van der Waals surface area contributed by atoms with Crippen molar-refractivity contribution in [2.24, 2.45) is 0 Å². The van der Waals surface area contributed by atoms with Gasteiger partial charge in [-0.15, -0.1) is 0 Å². The van der Waals surface area contributed by atoms with Crippen molar-refractivity contribution < 1.29 is 20.4 Å². The Morgan fingerprint density at radius 2 is 1.72 bits per heavy atom. The normalized spacial score (nSPS) is 31.0. The zero-order valence-electron chi connectivity index (χ0n) is 13.9. The molecule has 0 bridgehead atoms. The maximum atomic E-state index is 10.5. The van der Waals surface area contributed by atoms with Gasteiger partial charge in [-0.25, -0.2) is 10.9 Å². The predicted octanol–water partition coefficient (Wildman–Crippen LogP) is 2.40. The molecule has 1 heterocycles. The van der Waals surface area contributed by atoms with Crippen LogP contribution < -0.4 is 0 Å². The van der Waals surface area contributed by atoms with Crippen LogP contribution in [0.3, 0.4) is 0 Å². The fourth-order valence-corrected chi connectivity index (χ4v) is 5.98. The lowest BCUT2D eigenvalue weighted by Crippen LogP contribution is -2.47. The molecule has 0 aliphatic carbocycles. The number of aliphatic hydroxyl groups is 3. The first-order chi connectivity index (χ1) is 11.9. The maximum absolute atomic E-state index is 10.5. The van der Waals surface area contributed by atoms with E-state index in [-0.39, 0.29) is 11.0 Å². The van der Waals surface area contributed by atoms with Crippen LogP contribution in [0.15, 0.2) is 42.5 Å². The number of thiol groups is 1. The molecule has 4 N–H and O–H groups in total. The Morgan fingerprint density at radius 1 is 1.04 bits per heavy atom. The monoisotopic (exact) mass is 382 g/mol. The summed E-state index contributed by atoms with van der Waals surface area (Å²) >= 11 is 6.34. The van der Waals surface area contributed by atoms with Crippen molar-refractivity contribution in [3.8, 4) is 5.75 Å². The molecule has 6 heteroatoms. The summed E-state index contributed by atoms with van der Waals surface area (Å²) in [5, 5.41) is 40.2. The molecule has 3 rings (SSSR count). The maximum Gasteiger partial charge on any atom is 0.115 e. The molecule has 1 aliphatic rings. The molecule has 25 heavy (non-hydrogen) atoms. The van der Waals surface area contributed by atoms with Crippen molar-refractivity contribution in [3.05, 3.63) is 64.2 Å². The van der Waals surface area contributed by atoms with Gasteiger partial charge < -0.3 is 20.4 Å². The SMILES string of the molecule is C[SH]1C[C@@H](O)[C@@H](O)[C@@H](O)[C@@H]1c1ccc(Cl)c(Cc2ccc(O)cc2)c1. The number of hydrogen-bond acceptors (Lipinski definition) is 4. The minimum absolute atomic E-state index is 0.191. The first-order valence-corrected chi connectivity index (χ1v) is 10.6. The topological polar surface area (TPSA) is 80.9 Å². The molecule has 0 amide bonds. The van der Waals surface area contributed by atoms with E-state index in [1.807, 2.05) is 36.6 Å². The summed E-state index contributed by atoms with van der Waals surface area (Å²) in [6.07, 6.45) is -0.330. The second-order valence-corrected chi connectivity index (χ2v) is 9.47. The highest BCUT2D eigenvalue weighted by atomic mass is 35.5. The summed E-state index contributed by atoms with van der Waals surface area (Å²) in [7, 11) is -0.658. The molecule has 2 aromatic rings. The summed E-state index contributed by atoms with van der Waals surface area (Å²) in [5.74, 6) is 0.729. The van der Waals surface area contributed by atoms with Gasteiger partial charge in [-0.2, -0.15) is 0 Å². The van der Waals surface area contributed by atoms with Crippen LogP contribution >= 0.6 is 22.5 Å². The van der Waals surface area contributed by atoms with Gasteiger partial charge in [0.25, 0.3) is 0 Å². The van der Waals surface area contributed by atoms with E-state index in [1.165, 1.54) is 0 Å². The van der Waals surface area contributed by atoms with E-state index >= 15 is 0 Å². The number of phenols is 1. The average molecular weight is 383 g/mol. The number of halogens is 1. The van der Waals surface area contributed by atoms with Gasteiger partial charge in [-0.05, 0) is 47.6 Å². The van der Waals surface area contributed by atoms with Crippen LogP contribution in [0, 0.1) is 0 Å². The third kappa shape index (κ3) is 3.96. The molecule has 4 nitrogen and oxygen atoms in total.